The van der Waals surface area contributed by atoms with Gasteiger partial charge in [0.25, 0.3) is 0 Å². The molecule has 3 heteroatoms. The lowest BCUT2D eigenvalue weighted by atomic mass is 9.77. The van der Waals surface area contributed by atoms with Crippen molar-refractivity contribution in [1.29, 1.82) is 0 Å². The minimum Gasteiger partial charge on any atom is -0.598 e. The van der Waals surface area contributed by atoms with E-state index >= 15 is 0 Å². The van der Waals surface area contributed by atoms with Crippen molar-refractivity contribution in [2.24, 2.45) is 0 Å². The van der Waals surface area contributed by atoms with Gasteiger partial charge in [0.05, 0.1) is 6.04 Å². The second-order valence-electron chi connectivity index (χ2n) is 7.22. The first-order valence-electron chi connectivity index (χ1n) is 8.28. The summed E-state index contributed by atoms with van der Waals surface area (Å²) >= 11 is -1.05. The molecule has 122 valence electrons. The summed E-state index contributed by atoms with van der Waals surface area (Å²) in [7, 11) is 0. The predicted octanol–water partition coefficient (Wildman–Crippen LogP) is 4.71. The third-order valence-electron chi connectivity index (χ3n) is 4.50. The van der Waals surface area contributed by atoms with Crippen molar-refractivity contribution in [2.75, 3.05) is 0 Å². The molecule has 0 fully saturated rings. The van der Waals surface area contributed by atoms with Crippen molar-refractivity contribution in [3.05, 3.63) is 71.3 Å². The minimum atomic E-state index is -1.05. The topological polar surface area (TPSA) is 35.1 Å². The zero-order chi connectivity index (χ0) is 16.4. The number of hydrogen-bond acceptors (Lipinski definition) is 2. The summed E-state index contributed by atoms with van der Waals surface area (Å²) in [6.45, 7) is 6.03. The second kappa shape index (κ2) is 6.68. The Hall–Kier alpha value is -1.29. The van der Waals surface area contributed by atoms with E-state index in [2.05, 4.69) is 59.3 Å². The standard InChI is InChI=1S/C20H25NOS/c1-20(2,3)23(22)21-19-14-13-16(15-9-5-4-6-10-15)17-11-7-8-12-18(17)19/h4-12,16,19,21H,13-14H2,1-3H3/t16-,19+,23+/m0/s1. The highest BCUT2D eigenvalue weighted by Gasteiger charge is 2.34. The van der Waals surface area contributed by atoms with Crippen LogP contribution in [0.5, 0.6) is 0 Å². The summed E-state index contributed by atoms with van der Waals surface area (Å²) in [6.07, 6.45) is 2.10. The number of benzene rings is 2. The molecule has 0 spiro atoms. The molecule has 1 N–H and O–H groups in total. The molecule has 0 unspecified atom stereocenters. The van der Waals surface area contributed by atoms with Gasteiger partial charge in [-0.15, -0.1) is 4.72 Å². The first kappa shape index (κ1) is 16.6. The Morgan fingerprint density at radius 3 is 2.17 bits per heavy atom. The van der Waals surface area contributed by atoms with Crippen LogP contribution in [0.1, 0.15) is 62.3 Å². The quantitative estimate of drug-likeness (QED) is 0.829. The first-order valence-corrected chi connectivity index (χ1v) is 9.43. The van der Waals surface area contributed by atoms with Crippen LogP contribution in [0.3, 0.4) is 0 Å². The van der Waals surface area contributed by atoms with Gasteiger partial charge in [-0.3, -0.25) is 0 Å². The fourth-order valence-corrected chi connectivity index (χ4v) is 4.11. The van der Waals surface area contributed by atoms with Gasteiger partial charge in [0.1, 0.15) is 4.75 Å². The van der Waals surface area contributed by atoms with Crippen LogP contribution in [0.25, 0.3) is 0 Å². The van der Waals surface area contributed by atoms with E-state index in [1.54, 1.807) is 0 Å². The van der Waals surface area contributed by atoms with Crippen molar-refractivity contribution in [2.45, 2.75) is 50.3 Å². The average molecular weight is 327 g/mol. The van der Waals surface area contributed by atoms with E-state index in [9.17, 15) is 4.55 Å². The van der Waals surface area contributed by atoms with Crippen LogP contribution in [-0.2, 0) is 11.4 Å². The highest BCUT2D eigenvalue weighted by Crippen LogP contribution is 2.41. The van der Waals surface area contributed by atoms with E-state index in [-0.39, 0.29) is 10.8 Å². The molecule has 2 aromatic carbocycles. The molecule has 0 heterocycles. The maximum atomic E-state index is 12.5. The summed E-state index contributed by atoms with van der Waals surface area (Å²) in [5.41, 5.74) is 4.04. The van der Waals surface area contributed by atoms with Gasteiger partial charge in [-0.25, -0.2) is 0 Å². The minimum absolute atomic E-state index is 0.172. The molecule has 3 rings (SSSR count). The third-order valence-corrected chi connectivity index (χ3v) is 6.11. The summed E-state index contributed by atoms with van der Waals surface area (Å²) < 4.78 is 15.6. The van der Waals surface area contributed by atoms with Gasteiger partial charge < -0.3 is 4.55 Å². The molecule has 0 saturated heterocycles. The summed E-state index contributed by atoms with van der Waals surface area (Å²) in [5, 5.41) is 0. The lowest BCUT2D eigenvalue weighted by molar-refractivity contribution is 0.472. The largest absolute Gasteiger partial charge is 0.598 e. The van der Waals surface area contributed by atoms with E-state index in [0.29, 0.717) is 5.92 Å². The Bertz CT molecular complexity index is 650. The SMILES string of the molecule is CC(C)(C)[S@@+]([O-])N[C@@H]1CC[C@@H](c2ccccc2)c2ccccc21. The van der Waals surface area contributed by atoms with Gasteiger partial charge in [-0.1, -0.05) is 54.6 Å². The zero-order valence-electron chi connectivity index (χ0n) is 14.1. The van der Waals surface area contributed by atoms with Crippen molar-refractivity contribution >= 4 is 11.4 Å². The van der Waals surface area contributed by atoms with E-state index in [1.807, 2.05) is 20.8 Å². The van der Waals surface area contributed by atoms with Crippen LogP contribution in [0.2, 0.25) is 0 Å². The molecule has 0 saturated carbocycles. The van der Waals surface area contributed by atoms with Crippen LogP contribution in [0, 0.1) is 0 Å². The molecule has 1 aliphatic carbocycles. The number of nitrogens with one attached hydrogen (secondary N) is 1. The van der Waals surface area contributed by atoms with E-state index in [0.717, 1.165) is 12.8 Å². The smallest absolute Gasteiger partial charge is 0.136 e. The monoisotopic (exact) mass is 327 g/mol. The lowest BCUT2D eigenvalue weighted by Crippen LogP contribution is -2.42. The molecular formula is C20H25NOS. The Labute approximate surface area is 142 Å². The molecule has 1 aliphatic rings. The van der Waals surface area contributed by atoms with Crippen molar-refractivity contribution in [1.82, 2.24) is 4.72 Å². The van der Waals surface area contributed by atoms with Crippen LogP contribution >= 0.6 is 0 Å². The number of fused-ring (bicyclic) bond motifs is 1. The van der Waals surface area contributed by atoms with E-state index in [1.165, 1.54) is 16.7 Å². The molecule has 0 radical (unpaired) electrons. The average Bonchev–Trinajstić information content (AvgIpc) is 2.55. The molecular weight excluding hydrogens is 302 g/mol. The highest BCUT2D eigenvalue weighted by molar-refractivity contribution is 7.90. The highest BCUT2D eigenvalue weighted by atomic mass is 32.2. The third kappa shape index (κ3) is 3.63. The normalized spacial score (nSPS) is 22.4. The Kier molecular flexibility index (Phi) is 4.81. The van der Waals surface area contributed by atoms with E-state index in [4.69, 9.17) is 0 Å². The lowest BCUT2D eigenvalue weighted by Gasteiger charge is -2.34. The van der Waals surface area contributed by atoms with Crippen LogP contribution in [0.15, 0.2) is 54.6 Å². The van der Waals surface area contributed by atoms with Gasteiger partial charge in [-0.05, 0) is 50.3 Å². The van der Waals surface area contributed by atoms with Crippen molar-refractivity contribution in [3.63, 3.8) is 0 Å². The van der Waals surface area contributed by atoms with Crippen molar-refractivity contribution in [3.8, 4) is 0 Å². The number of rotatable bonds is 3. The fraction of sp³-hybridized carbons (Fsp3) is 0.400. The molecule has 0 aromatic heterocycles. The first-order chi connectivity index (χ1) is 11.0. The van der Waals surface area contributed by atoms with Crippen LogP contribution in [0.4, 0.5) is 0 Å². The number of hydrogen-bond donors (Lipinski definition) is 1. The second-order valence-corrected chi connectivity index (χ2v) is 9.22. The predicted molar refractivity (Wildman–Crippen MR) is 97.7 cm³/mol. The van der Waals surface area contributed by atoms with Crippen LogP contribution < -0.4 is 4.72 Å². The molecule has 0 bridgehead atoms. The Balaban J connectivity index is 1.89. The van der Waals surface area contributed by atoms with Gasteiger partial charge >= 0.3 is 0 Å². The molecule has 0 aliphatic heterocycles. The molecule has 2 aromatic rings. The van der Waals surface area contributed by atoms with Gasteiger partial charge in [-0.2, -0.15) is 0 Å². The molecule has 2 nitrogen and oxygen atoms in total. The van der Waals surface area contributed by atoms with Crippen molar-refractivity contribution < 1.29 is 4.55 Å². The summed E-state index contributed by atoms with van der Waals surface area (Å²) in [4.78, 5) is 0. The van der Waals surface area contributed by atoms with E-state index < -0.39 is 11.4 Å². The van der Waals surface area contributed by atoms with Gasteiger partial charge in [0.15, 0.2) is 0 Å². The fourth-order valence-electron chi connectivity index (χ4n) is 3.25. The van der Waals surface area contributed by atoms with Gasteiger partial charge in [0.2, 0.25) is 0 Å². The molecule has 23 heavy (non-hydrogen) atoms. The summed E-state index contributed by atoms with van der Waals surface area (Å²) in [5.74, 6) is 0.438. The van der Waals surface area contributed by atoms with Gasteiger partial charge in [0, 0.05) is 17.3 Å². The van der Waals surface area contributed by atoms with Crippen LogP contribution in [-0.4, -0.2) is 9.30 Å². The maximum Gasteiger partial charge on any atom is 0.136 e. The maximum absolute atomic E-state index is 12.5. The Morgan fingerprint density at radius 1 is 0.913 bits per heavy atom. The molecule has 3 atom stereocenters. The Morgan fingerprint density at radius 2 is 1.52 bits per heavy atom. The summed E-state index contributed by atoms with van der Waals surface area (Å²) in [6, 6.07) is 19.5. The molecule has 0 amide bonds. The zero-order valence-corrected chi connectivity index (χ0v) is 14.9.